The molecular weight excluding hydrogens is 317 g/mol. The summed E-state index contributed by atoms with van der Waals surface area (Å²) in [6.45, 7) is -0.457. The first-order chi connectivity index (χ1) is 8.77. The summed E-state index contributed by atoms with van der Waals surface area (Å²) in [5.74, 6) is -1.38. The molecule has 0 radical (unpaired) electrons. The quantitative estimate of drug-likeness (QED) is 0.726. The van der Waals surface area contributed by atoms with Crippen molar-refractivity contribution in [3.05, 3.63) is 28.2 Å². The van der Waals surface area contributed by atoms with Crippen molar-refractivity contribution >= 4 is 39.2 Å². The van der Waals surface area contributed by atoms with Crippen LogP contribution in [-0.4, -0.2) is 37.2 Å². The highest BCUT2D eigenvalue weighted by molar-refractivity contribution is 7.89. The summed E-state index contributed by atoms with van der Waals surface area (Å²) in [5, 5.41) is 17.8. The van der Waals surface area contributed by atoms with Gasteiger partial charge in [0.05, 0.1) is 14.9 Å². The molecule has 0 saturated heterocycles. The molecule has 0 aliphatic heterocycles. The number of halogens is 2. The zero-order chi connectivity index (χ0) is 14.6. The maximum absolute atomic E-state index is 11.9. The van der Waals surface area contributed by atoms with E-state index in [0.29, 0.717) is 0 Å². The lowest BCUT2D eigenvalue weighted by atomic mass is 10.2. The van der Waals surface area contributed by atoms with E-state index in [1.807, 2.05) is 4.72 Å². The van der Waals surface area contributed by atoms with E-state index in [1.54, 1.807) is 0 Å². The molecule has 1 aromatic rings. The Hall–Kier alpha value is -0.860. The lowest BCUT2D eigenvalue weighted by Gasteiger charge is -2.13. The molecule has 9 heteroatoms. The predicted octanol–water partition coefficient (Wildman–Crippen LogP) is 1.11. The fraction of sp³-hybridized carbons (Fsp3) is 0.300. The predicted molar refractivity (Wildman–Crippen MR) is 69.9 cm³/mol. The monoisotopic (exact) mass is 327 g/mol. The van der Waals surface area contributed by atoms with Crippen molar-refractivity contribution in [1.29, 1.82) is 0 Å². The number of hydrogen-bond donors (Lipinski definition) is 3. The van der Waals surface area contributed by atoms with Gasteiger partial charge < -0.3 is 10.2 Å². The van der Waals surface area contributed by atoms with Gasteiger partial charge in [0, 0.05) is 6.61 Å². The third-order valence-electron chi connectivity index (χ3n) is 2.21. The lowest BCUT2D eigenvalue weighted by molar-refractivity contribution is -0.139. The molecule has 0 spiro atoms. The molecule has 0 bridgehead atoms. The molecule has 19 heavy (non-hydrogen) atoms. The Morgan fingerprint density at radius 2 is 1.95 bits per heavy atom. The highest BCUT2D eigenvalue weighted by Gasteiger charge is 2.25. The number of rotatable bonds is 6. The fourth-order valence-electron chi connectivity index (χ4n) is 1.26. The summed E-state index contributed by atoms with van der Waals surface area (Å²) in [7, 11) is -4.05. The molecule has 0 aliphatic carbocycles. The first kappa shape index (κ1) is 16.2. The van der Waals surface area contributed by atoms with Gasteiger partial charge in [0.25, 0.3) is 0 Å². The highest BCUT2D eigenvalue weighted by atomic mass is 35.5. The second-order valence-corrected chi connectivity index (χ2v) is 6.13. The number of aliphatic hydroxyl groups excluding tert-OH is 1. The number of aliphatic hydroxyl groups is 1. The minimum atomic E-state index is -4.05. The van der Waals surface area contributed by atoms with Crippen LogP contribution in [0.3, 0.4) is 0 Å². The molecule has 1 atom stereocenters. The zero-order valence-corrected chi connectivity index (χ0v) is 11.8. The first-order valence-electron chi connectivity index (χ1n) is 5.09. The summed E-state index contributed by atoms with van der Waals surface area (Å²) < 4.78 is 25.8. The molecule has 106 valence electrons. The summed E-state index contributed by atoms with van der Waals surface area (Å²) in [6.07, 6.45) is -0.240. The number of nitrogens with one attached hydrogen (secondary N) is 1. The van der Waals surface area contributed by atoms with E-state index in [1.165, 1.54) is 12.1 Å². The molecule has 0 amide bonds. The van der Waals surface area contributed by atoms with E-state index in [4.69, 9.17) is 33.4 Å². The zero-order valence-electron chi connectivity index (χ0n) is 9.51. The van der Waals surface area contributed by atoms with E-state index >= 15 is 0 Å². The Morgan fingerprint density at radius 3 is 2.42 bits per heavy atom. The summed E-state index contributed by atoms with van der Waals surface area (Å²) >= 11 is 11.4. The average Bonchev–Trinajstić information content (AvgIpc) is 2.31. The minimum Gasteiger partial charge on any atom is -0.480 e. The van der Waals surface area contributed by atoms with E-state index in [-0.39, 0.29) is 21.4 Å². The van der Waals surface area contributed by atoms with Crippen LogP contribution < -0.4 is 4.72 Å². The van der Waals surface area contributed by atoms with Gasteiger partial charge in [0.1, 0.15) is 6.04 Å². The van der Waals surface area contributed by atoms with Crippen molar-refractivity contribution in [3.8, 4) is 0 Å². The second kappa shape index (κ2) is 6.53. The number of hydrogen-bond acceptors (Lipinski definition) is 4. The smallest absolute Gasteiger partial charge is 0.321 e. The number of carboxylic acids is 1. The van der Waals surface area contributed by atoms with Gasteiger partial charge in [-0.1, -0.05) is 23.2 Å². The number of aliphatic carboxylic acids is 1. The Kier molecular flexibility index (Phi) is 5.57. The van der Waals surface area contributed by atoms with Crippen LogP contribution in [-0.2, 0) is 14.8 Å². The van der Waals surface area contributed by atoms with Gasteiger partial charge in [-0.05, 0) is 24.6 Å². The number of carbonyl (C=O) groups is 1. The van der Waals surface area contributed by atoms with Gasteiger partial charge >= 0.3 is 5.97 Å². The molecule has 6 nitrogen and oxygen atoms in total. The van der Waals surface area contributed by atoms with Crippen molar-refractivity contribution in [2.24, 2.45) is 0 Å². The van der Waals surface area contributed by atoms with Gasteiger partial charge in [0.2, 0.25) is 10.0 Å². The SMILES string of the molecule is O=C(O)[C@@H](CCO)NS(=O)(=O)c1ccc(Cl)c(Cl)c1. The van der Waals surface area contributed by atoms with Crippen LogP contribution in [0.1, 0.15) is 6.42 Å². The molecule has 0 saturated carbocycles. The highest BCUT2D eigenvalue weighted by Crippen LogP contribution is 2.24. The van der Waals surface area contributed by atoms with E-state index < -0.39 is 28.6 Å². The van der Waals surface area contributed by atoms with E-state index in [2.05, 4.69) is 0 Å². The van der Waals surface area contributed by atoms with E-state index in [9.17, 15) is 13.2 Å². The van der Waals surface area contributed by atoms with Crippen LogP contribution in [0.2, 0.25) is 10.0 Å². The summed E-state index contributed by atoms with van der Waals surface area (Å²) in [4.78, 5) is 10.6. The third kappa shape index (κ3) is 4.32. The molecule has 0 aromatic heterocycles. The standard InChI is InChI=1S/C10H11Cl2NO5S/c11-7-2-1-6(5-8(7)12)19(17,18)13-9(3-4-14)10(15)16/h1-2,5,9,13-14H,3-4H2,(H,15,16)/t9-/m1/s1. The Balaban J connectivity index is 3.03. The van der Waals surface area contributed by atoms with Crippen molar-refractivity contribution in [2.45, 2.75) is 17.4 Å². The topological polar surface area (TPSA) is 104 Å². The Morgan fingerprint density at radius 1 is 1.32 bits per heavy atom. The van der Waals surface area contributed by atoms with Crippen molar-refractivity contribution in [3.63, 3.8) is 0 Å². The van der Waals surface area contributed by atoms with Crippen molar-refractivity contribution in [1.82, 2.24) is 4.72 Å². The third-order valence-corrected chi connectivity index (χ3v) is 4.42. The number of sulfonamides is 1. The van der Waals surface area contributed by atoms with Crippen LogP contribution in [0.4, 0.5) is 0 Å². The Bertz CT molecular complexity index is 575. The largest absolute Gasteiger partial charge is 0.480 e. The molecule has 1 rings (SSSR count). The van der Waals surface area contributed by atoms with Crippen LogP contribution >= 0.6 is 23.2 Å². The van der Waals surface area contributed by atoms with Crippen molar-refractivity contribution < 1.29 is 23.4 Å². The molecule has 1 aromatic carbocycles. The number of carboxylic acid groups (broad SMARTS) is 1. The molecule has 3 N–H and O–H groups in total. The van der Waals surface area contributed by atoms with Crippen LogP contribution in [0.15, 0.2) is 23.1 Å². The lowest BCUT2D eigenvalue weighted by Crippen LogP contribution is -2.41. The van der Waals surface area contributed by atoms with Gasteiger partial charge in [0.15, 0.2) is 0 Å². The number of benzene rings is 1. The Labute approximate surface area is 120 Å². The van der Waals surface area contributed by atoms with Crippen LogP contribution in [0.25, 0.3) is 0 Å². The van der Waals surface area contributed by atoms with Gasteiger partial charge in [-0.25, -0.2) is 8.42 Å². The average molecular weight is 328 g/mol. The molecule has 0 heterocycles. The van der Waals surface area contributed by atoms with Crippen LogP contribution in [0.5, 0.6) is 0 Å². The maximum atomic E-state index is 11.9. The van der Waals surface area contributed by atoms with E-state index in [0.717, 1.165) is 6.07 Å². The summed E-state index contributed by atoms with van der Waals surface area (Å²) in [6, 6.07) is 2.20. The normalized spacial score (nSPS) is 13.2. The fourth-order valence-corrected chi connectivity index (χ4v) is 2.87. The second-order valence-electron chi connectivity index (χ2n) is 3.60. The first-order valence-corrected chi connectivity index (χ1v) is 7.33. The van der Waals surface area contributed by atoms with Gasteiger partial charge in [-0.2, -0.15) is 4.72 Å². The van der Waals surface area contributed by atoms with Gasteiger partial charge in [-0.15, -0.1) is 0 Å². The molecule has 0 unspecified atom stereocenters. The van der Waals surface area contributed by atoms with Crippen molar-refractivity contribution in [2.75, 3.05) is 6.61 Å². The van der Waals surface area contributed by atoms with Crippen LogP contribution in [0, 0.1) is 0 Å². The molecule has 0 fully saturated rings. The molecule has 0 aliphatic rings. The minimum absolute atomic E-state index is 0.0403. The van der Waals surface area contributed by atoms with Gasteiger partial charge in [-0.3, -0.25) is 4.79 Å². The molecular formula is C10H11Cl2NO5S. The summed E-state index contributed by atoms with van der Waals surface area (Å²) in [5.41, 5.74) is 0. The maximum Gasteiger partial charge on any atom is 0.321 e.